The Kier molecular flexibility index (Phi) is 5.97. The maximum absolute atomic E-state index is 10.6. The number of rotatable bonds is 7. The van der Waals surface area contributed by atoms with E-state index in [1.165, 1.54) is 0 Å². The van der Waals surface area contributed by atoms with Crippen molar-refractivity contribution < 1.29 is 9.84 Å². The van der Waals surface area contributed by atoms with Crippen molar-refractivity contribution >= 4 is 11.3 Å². The predicted octanol–water partition coefficient (Wildman–Crippen LogP) is 1.98. The van der Waals surface area contributed by atoms with Crippen molar-refractivity contribution in [3.05, 3.63) is 41.4 Å². The summed E-state index contributed by atoms with van der Waals surface area (Å²) in [6.45, 7) is 7.05. The minimum Gasteiger partial charge on any atom is -0.388 e. The molecule has 5 nitrogen and oxygen atoms in total. The Morgan fingerprint density at radius 2 is 2.04 bits per heavy atom. The van der Waals surface area contributed by atoms with Gasteiger partial charge in [0.2, 0.25) is 0 Å². The van der Waals surface area contributed by atoms with E-state index in [0.29, 0.717) is 19.6 Å². The summed E-state index contributed by atoms with van der Waals surface area (Å²) in [7, 11) is 0. The van der Waals surface area contributed by atoms with Crippen LogP contribution in [0.3, 0.4) is 0 Å². The standard InChI is InChI=1S/C18H25N3O2S/c1-18(22,14-21-7-9-23-10-8-21)13-19-11-16-12-24-17(20-16)15-5-3-2-4-6-15/h2-6,12,19,22H,7-11,13-14H2,1H3. The van der Waals surface area contributed by atoms with Gasteiger partial charge in [-0.1, -0.05) is 30.3 Å². The average molecular weight is 347 g/mol. The molecule has 1 saturated heterocycles. The van der Waals surface area contributed by atoms with E-state index in [1.54, 1.807) is 11.3 Å². The van der Waals surface area contributed by atoms with Gasteiger partial charge in [0.1, 0.15) is 5.01 Å². The monoisotopic (exact) mass is 347 g/mol. The summed E-state index contributed by atoms with van der Waals surface area (Å²) in [6.07, 6.45) is 0. The van der Waals surface area contributed by atoms with Gasteiger partial charge in [0.15, 0.2) is 0 Å². The molecule has 1 atom stereocenters. The maximum Gasteiger partial charge on any atom is 0.123 e. The van der Waals surface area contributed by atoms with Crippen molar-refractivity contribution in [2.75, 3.05) is 39.4 Å². The lowest BCUT2D eigenvalue weighted by molar-refractivity contribution is -0.0219. The van der Waals surface area contributed by atoms with E-state index in [4.69, 9.17) is 4.74 Å². The Balaban J connectivity index is 1.46. The summed E-state index contributed by atoms with van der Waals surface area (Å²) in [5.41, 5.74) is 1.41. The number of aliphatic hydroxyl groups is 1. The SMILES string of the molecule is CC(O)(CNCc1csc(-c2ccccc2)n1)CN1CCOCC1. The van der Waals surface area contributed by atoms with Gasteiger partial charge in [0.25, 0.3) is 0 Å². The first kappa shape index (κ1) is 17.5. The summed E-state index contributed by atoms with van der Waals surface area (Å²) >= 11 is 1.65. The van der Waals surface area contributed by atoms with Gasteiger partial charge in [-0.15, -0.1) is 11.3 Å². The number of ether oxygens (including phenoxy) is 1. The molecule has 2 heterocycles. The molecule has 0 aliphatic carbocycles. The maximum atomic E-state index is 10.6. The van der Waals surface area contributed by atoms with E-state index >= 15 is 0 Å². The first-order chi connectivity index (χ1) is 11.6. The molecular weight excluding hydrogens is 322 g/mol. The van der Waals surface area contributed by atoms with Crippen molar-refractivity contribution in [2.24, 2.45) is 0 Å². The molecule has 130 valence electrons. The molecule has 0 radical (unpaired) electrons. The van der Waals surface area contributed by atoms with Crippen LogP contribution in [-0.4, -0.2) is 60.0 Å². The number of hydrogen-bond donors (Lipinski definition) is 2. The van der Waals surface area contributed by atoms with Crippen LogP contribution >= 0.6 is 11.3 Å². The number of morpholine rings is 1. The Hall–Kier alpha value is -1.31. The Morgan fingerprint density at radius 1 is 1.29 bits per heavy atom. The van der Waals surface area contributed by atoms with Crippen molar-refractivity contribution in [1.29, 1.82) is 0 Å². The highest BCUT2D eigenvalue weighted by Gasteiger charge is 2.24. The summed E-state index contributed by atoms with van der Waals surface area (Å²) in [5.74, 6) is 0. The van der Waals surface area contributed by atoms with Gasteiger partial charge in [-0.05, 0) is 6.92 Å². The lowest BCUT2D eigenvalue weighted by Gasteiger charge is -2.33. The fraction of sp³-hybridized carbons (Fsp3) is 0.500. The molecule has 0 saturated carbocycles. The average Bonchev–Trinajstić information content (AvgIpc) is 3.05. The van der Waals surface area contributed by atoms with Crippen LogP contribution in [0.1, 0.15) is 12.6 Å². The first-order valence-electron chi connectivity index (χ1n) is 8.35. The lowest BCUT2D eigenvalue weighted by Crippen LogP contribution is -2.50. The van der Waals surface area contributed by atoms with Crippen molar-refractivity contribution in [3.8, 4) is 10.6 Å². The zero-order valence-electron chi connectivity index (χ0n) is 14.1. The second-order valence-electron chi connectivity index (χ2n) is 6.50. The Morgan fingerprint density at radius 3 is 2.79 bits per heavy atom. The number of nitrogens with one attached hydrogen (secondary N) is 1. The largest absolute Gasteiger partial charge is 0.388 e. The van der Waals surface area contributed by atoms with E-state index in [2.05, 4.69) is 32.7 Å². The van der Waals surface area contributed by atoms with Crippen LogP contribution in [0.5, 0.6) is 0 Å². The molecule has 1 aromatic heterocycles. The van der Waals surface area contributed by atoms with Crippen molar-refractivity contribution in [2.45, 2.75) is 19.1 Å². The molecule has 24 heavy (non-hydrogen) atoms. The Labute approximate surface area is 147 Å². The van der Waals surface area contributed by atoms with Gasteiger partial charge in [-0.3, -0.25) is 4.90 Å². The van der Waals surface area contributed by atoms with Gasteiger partial charge in [0, 0.05) is 43.7 Å². The third kappa shape index (κ3) is 5.09. The number of β-amino-alcohol motifs (C(OH)–C–C–N with tert-alkyl or cyclic N) is 1. The molecule has 2 aromatic rings. The molecule has 0 bridgehead atoms. The van der Waals surface area contributed by atoms with E-state index < -0.39 is 5.60 Å². The second kappa shape index (κ2) is 8.18. The van der Waals surface area contributed by atoms with Crippen LogP contribution in [0.25, 0.3) is 10.6 Å². The predicted molar refractivity (Wildman–Crippen MR) is 97.1 cm³/mol. The van der Waals surface area contributed by atoms with E-state index in [-0.39, 0.29) is 0 Å². The summed E-state index contributed by atoms with van der Waals surface area (Å²) in [4.78, 5) is 6.91. The number of aromatic nitrogens is 1. The Bertz CT molecular complexity index is 624. The molecule has 0 spiro atoms. The van der Waals surface area contributed by atoms with E-state index in [9.17, 15) is 5.11 Å². The molecule has 3 rings (SSSR count). The highest BCUT2D eigenvalue weighted by Crippen LogP contribution is 2.23. The smallest absolute Gasteiger partial charge is 0.123 e. The molecule has 1 fully saturated rings. The summed E-state index contributed by atoms with van der Waals surface area (Å²) < 4.78 is 5.35. The molecule has 1 aliphatic rings. The summed E-state index contributed by atoms with van der Waals surface area (Å²) in [5, 5.41) is 17.0. The zero-order chi connectivity index (χ0) is 16.8. The normalized spacial score (nSPS) is 18.4. The molecular formula is C18H25N3O2S. The van der Waals surface area contributed by atoms with Crippen LogP contribution in [0.2, 0.25) is 0 Å². The van der Waals surface area contributed by atoms with Crippen LogP contribution in [0.4, 0.5) is 0 Å². The van der Waals surface area contributed by atoms with Crippen LogP contribution in [0, 0.1) is 0 Å². The fourth-order valence-electron chi connectivity index (χ4n) is 2.86. The quantitative estimate of drug-likeness (QED) is 0.802. The van der Waals surface area contributed by atoms with Gasteiger partial charge >= 0.3 is 0 Å². The number of thiazole rings is 1. The molecule has 1 aliphatic heterocycles. The van der Waals surface area contributed by atoms with Crippen LogP contribution in [0.15, 0.2) is 35.7 Å². The van der Waals surface area contributed by atoms with Gasteiger partial charge < -0.3 is 15.2 Å². The zero-order valence-corrected chi connectivity index (χ0v) is 14.9. The minimum absolute atomic E-state index is 0.544. The fourth-order valence-corrected chi connectivity index (χ4v) is 3.68. The third-order valence-corrected chi connectivity index (χ3v) is 4.99. The minimum atomic E-state index is -0.754. The number of nitrogens with zero attached hydrogens (tertiary/aromatic N) is 2. The lowest BCUT2D eigenvalue weighted by atomic mass is 10.1. The molecule has 2 N–H and O–H groups in total. The van der Waals surface area contributed by atoms with E-state index in [1.807, 2.05) is 25.1 Å². The number of benzene rings is 1. The molecule has 0 amide bonds. The van der Waals surface area contributed by atoms with Crippen LogP contribution in [-0.2, 0) is 11.3 Å². The number of hydrogen-bond acceptors (Lipinski definition) is 6. The highest BCUT2D eigenvalue weighted by atomic mass is 32.1. The van der Waals surface area contributed by atoms with E-state index in [0.717, 1.165) is 42.6 Å². The highest BCUT2D eigenvalue weighted by molar-refractivity contribution is 7.13. The van der Waals surface area contributed by atoms with Crippen molar-refractivity contribution in [3.63, 3.8) is 0 Å². The molecule has 1 unspecified atom stereocenters. The van der Waals surface area contributed by atoms with Gasteiger partial charge in [-0.25, -0.2) is 4.98 Å². The molecule has 1 aromatic carbocycles. The molecule has 6 heteroatoms. The van der Waals surface area contributed by atoms with Gasteiger partial charge in [0.05, 0.1) is 24.5 Å². The topological polar surface area (TPSA) is 57.6 Å². The summed E-state index contributed by atoms with van der Waals surface area (Å²) in [6, 6.07) is 10.2. The van der Waals surface area contributed by atoms with Crippen molar-refractivity contribution in [1.82, 2.24) is 15.2 Å². The first-order valence-corrected chi connectivity index (χ1v) is 9.23. The van der Waals surface area contributed by atoms with Crippen LogP contribution < -0.4 is 5.32 Å². The second-order valence-corrected chi connectivity index (χ2v) is 7.36. The third-order valence-electron chi connectivity index (χ3n) is 4.05. The van der Waals surface area contributed by atoms with Gasteiger partial charge in [-0.2, -0.15) is 0 Å².